The van der Waals surface area contributed by atoms with Crippen molar-refractivity contribution in [3.05, 3.63) is 40.9 Å². The Hall–Kier alpha value is -1.34. The summed E-state index contributed by atoms with van der Waals surface area (Å²) >= 11 is 1.46. The summed E-state index contributed by atoms with van der Waals surface area (Å²) in [6.45, 7) is 2.90. The van der Waals surface area contributed by atoms with Gasteiger partial charge in [0.05, 0.1) is 5.69 Å². The van der Waals surface area contributed by atoms with E-state index in [2.05, 4.69) is 39.9 Å². The van der Waals surface area contributed by atoms with Crippen molar-refractivity contribution in [1.29, 1.82) is 0 Å². The van der Waals surface area contributed by atoms with E-state index in [1.54, 1.807) is 0 Å². The number of hydrogen-bond acceptors (Lipinski definition) is 5. The number of halogens is 2. The zero-order chi connectivity index (χ0) is 15.1. The molecule has 0 aliphatic heterocycles. The van der Waals surface area contributed by atoms with Gasteiger partial charge in [-0.2, -0.15) is 0 Å². The molecule has 0 atom stereocenters. The molecule has 128 valence electrons. The number of nitrogens with two attached hydrogens (primary N) is 1. The van der Waals surface area contributed by atoms with Crippen molar-refractivity contribution >= 4 is 52.9 Å². The lowest BCUT2D eigenvalue weighted by molar-refractivity contribution is -0.114. The third kappa shape index (κ3) is 7.65. The summed E-state index contributed by atoms with van der Waals surface area (Å²) in [7, 11) is 0. The van der Waals surface area contributed by atoms with Crippen molar-refractivity contribution in [3.63, 3.8) is 0 Å². The third-order valence-corrected chi connectivity index (χ3v) is 3.74. The number of thiazole rings is 1. The van der Waals surface area contributed by atoms with Crippen LogP contribution in [0.1, 0.15) is 18.2 Å². The fourth-order valence-corrected chi connectivity index (χ4v) is 2.70. The van der Waals surface area contributed by atoms with Gasteiger partial charge in [0, 0.05) is 31.1 Å². The molecule has 0 bridgehead atoms. The van der Waals surface area contributed by atoms with Crippen molar-refractivity contribution in [3.8, 4) is 0 Å². The van der Waals surface area contributed by atoms with E-state index in [1.807, 2.05) is 5.38 Å². The number of nitrogens with zero attached hydrogens (tertiary/aromatic N) is 1. The molecule has 0 unspecified atom stereocenters. The van der Waals surface area contributed by atoms with Crippen LogP contribution in [0, 0.1) is 0 Å². The second kappa shape index (κ2) is 11.2. The quantitative estimate of drug-likeness (QED) is 0.693. The van der Waals surface area contributed by atoms with E-state index in [0.29, 0.717) is 11.7 Å². The van der Waals surface area contributed by atoms with Crippen LogP contribution >= 0.6 is 36.2 Å². The lowest BCUT2D eigenvalue weighted by Gasteiger charge is -2.05. The molecule has 23 heavy (non-hydrogen) atoms. The van der Waals surface area contributed by atoms with E-state index in [9.17, 15) is 4.79 Å². The molecule has 4 N–H and O–H groups in total. The van der Waals surface area contributed by atoms with E-state index >= 15 is 0 Å². The van der Waals surface area contributed by atoms with Gasteiger partial charge in [-0.25, -0.2) is 4.98 Å². The molecule has 0 spiro atoms. The van der Waals surface area contributed by atoms with Gasteiger partial charge >= 0.3 is 0 Å². The number of carbonyl (C=O) groups excluding carboxylic acids is 1. The van der Waals surface area contributed by atoms with E-state index in [0.717, 1.165) is 30.8 Å². The van der Waals surface area contributed by atoms with Crippen LogP contribution in [0.2, 0.25) is 0 Å². The molecule has 0 aliphatic carbocycles. The van der Waals surface area contributed by atoms with Crippen LogP contribution in [0.4, 0.5) is 10.8 Å². The van der Waals surface area contributed by atoms with Gasteiger partial charge in [0.15, 0.2) is 5.13 Å². The summed E-state index contributed by atoms with van der Waals surface area (Å²) < 4.78 is 0. The van der Waals surface area contributed by atoms with Crippen LogP contribution in [-0.2, 0) is 17.6 Å². The van der Waals surface area contributed by atoms with Crippen molar-refractivity contribution in [1.82, 2.24) is 4.98 Å². The SMILES string of the molecule is CC(=O)Nc1nc(CCc2ccc(NCCN)cc2)cs1.Cl.Cl. The Kier molecular flexibility index (Phi) is 10.6. The maximum absolute atomic E-state index is 11.0. The minimum Gasteiger partial charge on any atom is -0.384 e. The van der Waals surface area contributed by atoms with Crippen LogP contribution in [0.25, 0.3) is 0 Å². The van der Waals surface area contributed by atoms with Crippen LogP contribution in [-0.4, -0.2) is 24.0 Å². The topological polar surface area (TPSA) is 80.0 Å². The van der Waals surface area contributed by atoms with Crippen molar-refractivity contribution in [2.75, 3.05) is 23.7 Å². The number of aryl methyl sites for hydroxylation is 2. The molecule has 0 saturated carbocycles. The monoisotopic (exact) mass is 376 g/mol. The molecule has 1 aromatic carbocycles. The average Bonchev–Trinajstić information content (AvgIpc) is 2.91. The predicted molar refractivity (Wildman–Crippen MR) is 102 cm³/mol. The first-order chi connectivity index (χ1) is 10.2. The maximum atomic E-state index is 11.0. The van der Waals surface area contributed by atoms with Gasteiger partial charge in [-0.15, -0.1) is 36.2 Å². The van der Waals surface area contributed by atoms with Gasteiger partial charge in [0.1, 0.15) is 0 Å². The average molecular weight is 377 g/mol. The second-order valence-electron chi connectivity index (χ2n) is 4.74. The van der Waals surface area contributed by atoms with Crippen LogP contribution in [0.5, 0.6) is 0 Å². The third-order valence-electron chi connectivity index (χ3n) is 2.93. The van der Waals surface area contributed by atoms with Crippen molar-refractivity contribution < 1.29 is 4.79 Å². The van der Waals surface area contributed by atoms with Gasteiger partial charge < -0.3 is 16.4 Å². The maximum Gasteiger partial charge on any atom is 0.223 e. The minimum atomic E-state index is -0.0866. The number of anilines is 2. The Morgan fingerprint density at radius 2 is 1.91 bits per heavy atom. The smallest absolute Gasteiger partial charge is 0.223 e. The zero-order valence-electron chi connectivity index (χ0n) is 12.9. The number of rotatable bonds is 7. The standard InChI is InChI=1S/C15H20N4OS.2ClH/c1-11(20)18-15-19-14(10-21-15)7-4-12-2-5-13(6-3-12)17-9-8-16;;/h2-3,5-6,10,17H,4,7-9,16H2,1H3,(H,18,19,20);2*1H. The Balaban J connectivity index is 0.00000242. The molecule has 5 nitrogen and oxygen atoms in total. The number of carbonyl (C=O) groups is 1. The van der Waals surface area contributed by atoms with Gasteiger partial charge in [0.2, 0.25) is 5.91 Å². The molecule has 8 heteroatoms. The molecule has 2 rings (SSSR count). The van der Waals surface area contributed by atoms with Crippen LogP contribution in [0.15, 0.2) is 29.6 Å². The van der Waals surface area contributed by atoms with E-state index in [1.165, 1.54) is 23.8 Å². The molecule has 2 aromatic rings. The number of nitrogens with one attached hydrogen (secondary N) is 2. The number of benzene rings is 1. The first kappa shape index (κ1) is 21.7. The second-order valence-corrected chi connectivity index (χ2v) is 5.60. The predicted octanol–water partition coefficient (Wildman–Crippen LogP) is 3.10. The highest BCUT2D eigenvalue weighted by Crippen LogP contribution is 2.17. The van der Waals surface area contributed by atoms with Crippen molar-refractivity contribution in [2.24, 2.45) is 5.73 Å². The largest absolute Gasteiger partial charge is 0.384 e. The van der Waals surface area contributed by atoms with Crippen LogP contribution in [0.3, 0.4) is 0 Å². The normalized spacial score (nSPS) is 9.48. The molecule has 1 heterocycles. The van der Waals surface area contributed by atoms with Gasteiger partial charge in [-0.05, 0) is 30.5 Å². The van der Waals surface area contributed by atoms with Gasteiger partial charge in [-0.3, -0.25) is 4.79 Å². The Labute approximate surface area is 152 Å². The first-order valence-electron chi connectivity index (χ1n) is 6.92. The highest BCUT2D eigenvalue weighted by atomic mass is 35.5. The van der Waals surface area contributed by atoms with E-state index in [-0.39, 0.29) is 30.7 Å². The zero-order valence-corrected chi connectivity index (χ0v) is 15.3. The summed E-state index contributed by atoms with van der Waals surface area (Å²) in [5.41, 5.74) is 8.82. The molecule has 0 radical (unpaired) electrons. The molecule has 0 saturated heterocycles. The Morgan fingerprint density at radius 1 is 1.22 bits per heavy atom. The van der Waals surface area contributed by atoms with Gasteiger partial charge in [0.25, 0.3) is 0 Å². The summed E-state index contributed by atoms with van der Waals surface area (Å²) in [5, 5.41) is 8.60. The fraction of sp³-hybridized carbons (Fsp3) is 0.333. The Bertz CT molecular complexity index is 589. The van der Waals surface area contributed by atoms with E-state index < -0.39 is 0 Å². The highest BCUT2D eigenvalue weighted by molar-refractivity contribution is 7.13. The van der Waals surface area contributed by atoms with Crippen LogP contribution < -0.4 is 16.4 Å². The lowest BCUT2D eigenvalue weighted by Crippen LogP contribution is -2.12. The summed E-state index contributed by atoms with van der Waals surface area (Å²) in [6.07, 6.45) is 1.80. The minimum absolute atomic E-state index is 0. The molecule has 1 amide bonds. The first-order valence-corrected chi connectivity index (χ1v) is 7.80. The van der Waals surface area contributed by atoms with Gasteiger partial charge in [-0.1, -0.05) is 12.1 Å². The number of aromatic nitrogens is 1. The summed E-state index contributed by atoms with van der Waals surface area (Å²) in [5.74, 6) is -0.0866. The summed E-state index contributed by atoms with van der Waals surface area (Å²) in [4.78, 5) is 15.3. The molecular formula is C15H22Cl2N4OS. The fourth-order valence-electron chi connectivity index (χ4n) is 1.91. The molecule has 0 aliphatic rings. The summed E-state index contributed by atoms with van der Waals surface area (Å²) in [6, 6.07) is 8.35. The van der Waals surface area contributed by atoms with E-state index in [4.69, 9.17) is 5.73 Å². The van der Waals surface area contributed by atoms with Crippen molar-refractivity contribution in [2.45, 2.75) is 19.8 Å². The number of amides is 1. The molecule has 1 aromatic heterocycles. The Morgan fingerprint density at radius 3 is 2.52 bits per heavy atom. The number of hydrogen-bond donors (Lipinski definition) is 3. The molecule has 0 fully saturated rings. The highest BCUT2D eigenvalue weighted by Gasteiger charge is 2.04. The molecular weight excluding hydrogens is 355 g/mol. The lowest BCUT2D eigenvalue weighted by atomic mass is 10.1.